The predicted octanol–water partition coefficient (Wildman–Crippen LogP) is 7.69. The summed E-state index contributed by atoms with van der Waals surface area (Å²) < 4.78 is 0. The van der Waals surface area contributed by atoms with E-state index in [4.69, 9.17) is 0 Å². The van der Waals surface area contributed by atoms with E-state index in [0.717, 1.165) is 5.92 Å². The third-order valence-corrected chi connectivity index (χ3v) is 8.33. The molecule has 142 valence electrons. The van der Waals surface area contributed by atoms with Gasteiger partial charge in [-0.15, -0.1) is 13.2 Å². The quantitative estimate of drug-likeness (QED) is 0.477. The molecular formula is C26H38. The van der Waals surface area contributed by atoms with E-state index in [9.17, 15) is 0 Å². The molecule has 2 aliphatic rings. The maximum Gasteiger partial charge on any atom is 0.00727 e. The number of allylic oxidation sites excluding steroid dienone is 2. The van der Waals surface area contributed by atoms with Crippen LogP contribution in [0.15, 0.2) is 43.5 Å². The van der Waals surface area contributed by atoms with Crippen molar-refractivity contribution in [2.45, 2.75) is 89.9 Å². The molecule has 1 aromatic rings. The van der Waals surface area contributed by atoms with Gasteiger partial charge < -0.3 is 0 Å². The van der Waals surface area contributed by atoms with Crippen molar-refractivity contribution in [1.82, 2.24) is 0 Å². The van der Waals surface area contributed by atoms with Gasteiger partial charge in [0.1, 0.15) is 0 Å². The average Bonchev–Trinajstić information content (AvgIpc) is 2.67. The summed E-state index contributed by atoms with van der Waals surface area (Å²) in [7, 11) is 0. The summed E-state index contributed by atoms with van der Waals surface area (Å²) in [6, 6.07) is 7.33. The summed E-state index contributed by atoms with van der Waals surface area (Å²) in [5.74, 6) is 1.26. The maximum absolute atomic E-state index is 4.23. The molecule has 0 heteroatoms. The van der Waals surface area contributed by atoms with Gasteiger partial charge in [-0.2, -0.15) is 0 Å². The third kappa shape index (κ3) is 2.72. The van der Waals surface area contributed by atoms with E-state index >= 15 is 0 Å². The average molecular weight is 351 g/mol. The van der Waals surface area contributed by atoms with E-state index in [1.165, 1.54) is 44.1 Å². The van der Waals surface area contributed by atoms with Crippen LogP contribution in [0.2, 0.25) is 0 Å². The highest BCUT2D eigenvalue weighted by Gasteiger charge is 2.54. The van der Waals surface area contributed by atoms with Gasteiger partial charge in [-0.25, -0.2) is 0 Å². The summed E-state index contributed by atoms with van der Waals surface area (Å²) in [4.78, 5) is 0. The SMILES string of the molecule is C=CC1CC2C(C)(CC)CCCC2(CC)c2ccc(C(C)(C)C=C)cc21. The van der Waals surface area contributed by atoms with Crippen LogP contribution in [0, 0.1) is 11.3 Å². The molecule has 4 atom stereocenters. The molecular weight excluding hydrogens is 312 g/mol. The summed E-state index contributed by atoms with van der Waals surface area (Å²) in [5, 5.41) is 0. The molecule has 0 heterocycles. The van der Waals surface area contributed by atoms with Crippen molar-refractivity contribution >= 4 is 0 Å². The van der Waals surface area contributed by atoms with E-state index in [-0.39, 0.29) is 5.41 Å². The molecule has 0 aromatic heterocycles. The van der Waals surface area contributed by atoms with Gasteiger partial charge >= 0.3 is 0 Å². The van der Waals surface area contributed by atoms with Gasteiger partial charge in [-0.05, 0) is 59.1 Å². The van der Waals surface area contributed by atoms with Crippen LogP contribution in [0.25, 0.3) is 0 Å². The Labute approximate surface area is 161 Å². The zero-order chi connectivity index (χ0) is 19.2. The predicted molar refractivity (Wildman–Crippen MR) is 115 cm³/mol. The van der Waals surface area contributed by atoms with Crippen molar-refractivity contribution in [2.24, 2.45) is 11.3 Å². The van der Waals surface area contributed by atoms with E-state index < -0.39 is 0 Å². The fourth-order valence-electron chi connectivity index (χ4n) is 6.14. The van der Waals surface area contributed by atoms with Crippen LogP contribution in [0.1, 0.15) is 95.8 Å². The zero-order valence-electron chi connectivity index (χ0n) is 17.7. The fraction of sp³-hybridized carbons (Fsp3) is 0.615. The topological polar surface area (TPSA) is 0 Å². The second kappa shape index (κ2) is 6.70. The van der Waals surface area contributed by atoms with Crippen molar-refractivity contribution in [2.75, 3.05) is 0 Å². The van der Waals surface area contributed by atoms with Crippen LogP contribution in [0.3, 0.4) is 0 Å². The van der Waals surface area contributed by atoms with Crippen LogP contribution in [0.4, 0.5) is 0 Å². The largest absolute Gasteiger partial charge is 0.102 e. The molecule has 3 rings (SSSR count). The lowest BCUT2D eigenvalue weighted by atomic mass is 9.46. The molecule has 0 bridgehead atoms. The van der Waals surface area contributed by atoms with Gasteiger partial charge in [0.25, 0.3) is 0 Å². The Morgan fingerprint density at radius 3 is 2.46 bits per heavy atom. The fourth-order valence-corrected chi connectivity index (χ4v) is 6.14. The van der Waals surface area contributed by atoms with E-state index in [1.807, 2.05) is 0 Å². The number of hydrogen-bond donors (Lipinski definition) is 0. The normalized spacial score (nSPS) is 33.9. The Kier molecular flexibility index (Phi) is 5.01. The van der Waals surface area contributed by atoms with Crippen molar-refractivity contribution in [3.05, 3.63) is 60.2 Å². The van der Waals surface area contributed by atoms with Crippen LogP contribution < -0.4 is 0 Å². The molecule has 2 aliphatic carbocycles. The Bertz CT molecular complexity index is 694. The standard InChI is InChI=1S/C26H38/c1-8-19-17-23-25(7,10-3)15-12-16-26(23,11-4)22-14-13-20(18-21(19)22)24(5,6)9-2/h8-9,13-14,18-19,23H,1-2,10-12,15-17H2,3-7H3. The van der Waals surface area contributed by atoms with E-state index in [0.29, 0.717) is 16.7 Å². The summed E-state index contributed by atoms with van der Waals surface area (Å²) >= 11 is 0. The molecule has 0 spiro atoms. The lowest BCUT2D eigenvalue weighted by Crippen LogP contribution is -2.51. The van der Waals surface area contributed by atoms with Gasteiger partial charge in [0, 0.05) is 11.3 Å². The van der Waals surface area contributed by atoms with Gasteiger partial charge in [0.2, 0.25) is 0 Å². The first-order valence-electron chi connectivity index (χ1n) is 10.7. The molecule has 0 amide bonds. The Balaban J connectivity index is 2.21. The van der Waals surface area contributed by atoms with Crippen LogP contribution in [-0.4, -0.2) is 0 Å². The van der Waals surface area contributed by atoms with Crippen molar-refractivity contribution < 1.29 is 0 Å². The first-order valence-corrected chi connectivity index (χ1v) is 10.7. The number of fused-ring (bicyclic) bond motifs is 3. The second-order valence-electron chi connectivity index (χ2n) is 9.73. The number of rotatable bonds is 5. The van der Waals surface area contributed by atoms with Gasteiger partial charge in [0.15, 0.2) is 0 Å². The zero-order valence-corrected chi connectivity index (χ0v) is 17.7. The number of benzene rings is 1. The first kappa shape index (κ1) is 19.5. The molecule has 1 saturated carbocycles. The Morgan fingerprint density at radius 1 is 1.15 bits per heavy atom. The lowest BCUT2D eigenvalue weighted by molar-refractivity contribution is 0.00697. The molecule has 0 nitrogen and oxygen atoms in total. The highest BCUT2D eigenvalue weighted by Crippen LogP contribution is 2.62. The molecule has 0 aliphatic heterocycles. The Hall–Kier alpha value is -1.30. The lowest BCUT2D eigenvalue weighted by Gasteiger charge is -2.58. The van der Waals surface area contributed by atoms with Crippen molar-refractivity contribution in [3.8, 4) is 0 Å². The minimum absolute atomic E-state index is 0.0154. The van der Waals surface area contributed by atoms with Gasteiger partial charge in [0.05, 0.1) is 0 Å². The third-order valence-electron chi connectivity index (χ3n) is 8.33. The van der Waals surface area contributed by atoms with Gasteiger partial charge in [-0.1, -0.05) is 77.8 Å². The van der Waals surface area contributed by atoms with Crippen LogP contribution >= 0.6 is 0 Å². The summed E-state index contributed by atoms with van der Waals surface area (Å²) in [6.45, 7) is 20.2. The Morgan fingerprint density at radius 2 is 1.88 bits per heavy atom. The second-order valence-corrected chi connectivity index (χ2v) is 9.73. The highest BCUT2D eigenvalue weighted by atomic mass is 14.6. The van der Waals surface area contributed by atoms with Crippen molar-refractivity contribution in [1.29, 1.82) is 0 Å². The molecule has 1 fully saturated rings. The molecule has 1 aromatic carbocycles. The summed E-state index contributed by atoms with van der Waals surface area (Å²) in [5.41, 5.74) is 5.40. The summed E-state index contributed by atoms with van der Waals surface area (Å²) in [6.07, 6.45) is 12.2. The minimum Gasteiger partial charge on any atom is -0.102 e. The van der Waals surface area contributed by atoms with Crippen LogP contribution in [-0.2, 0) is 10.8 Å². The first-order chi connectivity index (χ1) is 12.3. The molecule has 4 unspecified atom stereocenters. The maximum atomic E-state index is 4.23. The van der Waals surface area contributed by atoms with Gasteiger partial charge in [-0.3, -0.25) is 0 Å². The highest BCUT2D eigenvalue weighted by molar-refractivity contribution is 5.47. The molecule has 0 N–H and O–H groups in total. The smallest absolute Gasteiger partial charge is 0.00727 e. The molecule has 0 radical (unpaired) electrons. The van der Waals surface area contributed by atoms with E-state index in [2.05, 4.69) is 78.1 Å². The minimum atomic E-state index is 0.0154. The van der Waals surface area contributed by atoms with E-state index in [1.54, 1.807) is 11.1 Å². The monoisotopic (exact) mass is 350 g/mol. The number of hydrogen-bond acceptors (Lipinski definition) is 0. The van der Waals surface area contributed by atoms with Crippen LogP contribution in [0.5, 0.6) is 0 Å². The molecule has 0 saturated heterocycles. The van der Waals surface area contributed by atoms with Crippen molar-refractivity contribution in [3.63, 3.8) is 0 Å². The molecule has 26 heavy (non-hydrogen) atoms.